The molecule has 0 heterocycles. The maximum absolute atomic E-state index is 11.9. The molecule has 0 saturated heterocycles. The van der Waals surface area contributed by atoms with Crippen LogP contribution in [0.15, 0.2) is 42.5 Å². The van der Waals surface area contributed by atoms with Crippen LogP contribution in [-0.4, -0.2) is 12.5 Å². The predicted octanol–water partition coefficient (Wildman–Crippen LogP) is 2.78. The molecule has 4 nitrogen and oxygen atoms in total. The first-order chi connectivity index (χ1) is 10.1. The molecular formula is C17H20N2O2. The van der Waals surface area contributed by atoms with Gasteiger partial charge in [0.1, 0.15) is 5.75 Å². The predicted molar refractivity (Wildman–Crippen MR) is 84.4 cm³/mol. The molecular weight excluding hydrogens is 264 g/mol. The number of hydrogen-bond donors (Lipinski definition) is 2. The number of amides is 1. The Balaban J connectivity index is 1.91. The topological polar surface area (TPSA) is 64.3 Å². The summed E-state index contributed by atoms with van der Waals surface area (Å²) >= 11 is 0. The molecule has 110 valence electrons. The van der Waals surface area contributed by atoms with Crippen LogP contribution in [0.2, 0.25) is 0 Å². The third-order valence-corrected chi connectivity index (χ3v) is 3.41. The van der Waals surface area contributed by atoms with Crippen molar-refractivity contribution < 1.29 is 9.53 Å². The zero-order valence-electron chi connectivity index (χ0n) is 12.3. The molecule has 0 aliphatic rings. The Morgan fingerprint density at radius 1 is 1.14 bits per heavy atom. The Labute approximate surface area is 124 Å². The third kappa shape index (κ3) is 4.07. The van der Waals surface area contributed by atoms with Gasteiger partial charge in [0.15, 0.2) is 6.61 Å². The van der Waals surface area contributed by atoms with Crippen LogP contribution in [0.5, 0.6) is 5.75 Å². The van der Waals surface area contributed by atoms with E-state index in [4.69, 9.17) is 10.5 Å². The molecule has 2 rings (SSSR count). The molecule has 21 heavy (non-hydrogen) atoms. The smallest absolute Gasteiger partial charge is 0.262 e. The molecule has 0 unspecified atom stereocenters. The van der Waals surface area contributed by atoms with E-state index < -0.39 is 0 Å². The molecule has 0 bridgehead atoms. The number of hydrogen-bond acceptors (Lipinski definition) is 3. The van der Waals surface area contributed by atoms with Crippen LogP contribution in [0.1, 0.15) is 16.7 Å². The lowest BCUT2D eigenvalue weighted by Gasteiger charge is -2.11. The molecule has 0 aromatic heterocycles. The van der Waals surface area contributed by atoms with Gasteiger partial charge in [0.2, 0.25) is 0 Å². The fraction of sp³-hybridized carbons (Fsp3) is 0.235. The highest BCUT2D eigenvalue weighted by molar-refractivity contribution is 5.92. The van der Waals surface area contributed by atoms with Crippen molar-refractivity contribution in [3.8, 4) is 5.75 Å². The van der Waals surface area contributed by atoms with E-state index in [2.05, 4.69) is 5.32 Å². The largest absolute Gasteiger partial charge is 0.484 e. The number of nitrogens with two attached hydrogens (primary N) is 1. The van der Waals surface area contributed by atoms with Gasteiger partial charge >= 0.3 is 0 Å². The van der Waals surface area contributed by atoms with E-state index in [1.807, 2.05) is 56.3 Å². The van der Waals surface area contributed by atoms with Crippen molar-refractivity contribution in [2.24, 2.45) is 5.73 Å². The lowest BCUT2D eigenvalue weighted by molar-refractivity contribution is -0.118. The van der Waals surface area contributed by atoms with Crippen molar-refractivity contribution in [3.05, 3.63) is 59.2 Å². The summed E-state index contributed by atoms with van der Waals surface area (Å²) in [6, 6.07) is 13.2. The minimum Gasteiger partial charge on any atom is -0.484 e. The van der Waals surface area contributed by atoms with Crippen molar-refractivity contribution in [1.29, 1.82) is 0 Å². The van der Waals surface area contributed by atoms with E-state index in [-0.39, 0.29) is 12.5 Å². The Morgan fingerprint density at radius 2 is 1.86 bits per heavy atom. The Hall–Kier alpha value is -2.33. The first kappa shape index (κ1) is 15.1. The molecule has 4 heteroatoms. The van der Waals surface area contributed by atoms with Crippen LogP contribution in [0.4, 0.5) is 5.69 Å². The van der Waals surface area contributed by atoms with Crippen LogP contribution < -0.4 is 15.8 Å². The number of nitrogens with one attached hydrogen (secondary N) is 1. The standard InChI is InChI=1S/C17H20N2O2/c1-12-4-3-5-16(13(12)2)19-17(20)11-21-15-8-6-14(10-18)7-9-15/h3-9H,10-11,18H2,1-2H3,(H,19,20). The summed E-state index contributed by atoms with van der Waals surface area (Å²) in [5.74, 6) is 0.481. The molecule has 0 spiro atoms. The molecule has 0 saturated carbocycles. The van der Waals surface area contributed by atoms with Crippen LogP contribution in [0.25, 0.3) is 0 Å². The highest BCUT2D eigenvalue weighted by Gasteiger charge is 2.06. The van der Waals surface area contributed by atoms with E-state index in [0.29, 0.717) is 12.3 Å². The lowest BCUT2D eigenvalue weighted by Crippen LogP contribution is -2.20. The average molecular weight is 284 g/mol. The quantitative estimate of drug-likeness (QED) is 0.887. The zero-order valence-corrected chi connectivity index (χ0v) is 12.3. The maximum Gasteiger partial charge on any atom is 0.262 e. The molecule has 1 amide bonds. The fourth-order valence-corrected chi connectivity index (χ4v) is 1.94. The second-order valence-corrected chi connectivity index (χ2v) is 4.93. The highest BCUT2D eigenvalue weighted by Crippen LogP contribution is 2.18. The van der Waals surface area contributed by atoms with Gasteiger partial charge in [-0.1, -0.05) is 24.3 Å². The Kier molecular flexibility index (Phi) is 4.95. The minimum atomic E-state index is -0.174. The average Bonchev–Trinajstić information content (AvgIpc) is 2.50. The summed E-state index contributed by atoms with van der Waals surface area (Å²) in [4.78, 5) is 11.9. The van der Waals surface area contributed by atoms with Crippen molar-refractivity contribution in [1.82, 2.24) is 0 Å². The molecule has 0 aliphatic carbocycles. The van der Waals surface area contributed by atoms with Gasteiger partial charge < -0.3 is 15.8 Å². The van der Waals surface area contributed by atoms with E-state index in [1.54, 1.807) is 0 Å². The Bertz CT molecular complexity index is 621. The first-order valence-electron chi connectivity index (χ1n) is 6.88. The normalized spacial score (nSPS) is 10.2. The molecule has 0 atom stereocenters. The van der Waals surface area contributed by atoms with Gasteiger partial charge in [-0.2, -0.15) is 0 Å². The number of benzene rings is 2. The summed E-state index contributed by atoms with van der Waals surface area (Å²) in [7, 11) is 0. The molecule has 3 N–H and O–H groups in total. The number of rotatable bonds is 5. The van der Waals surface area contributed by atoms with Crippen molar-refractivity contribution in [2.75, 3.05) is 11.9 Å². The van der Waals surface area contributed by atoms with Gasteiger partial charge in [-0.15, -0.1) is 0 Å². The lowest BCUT2D eigenvalue weighted by atomic mass is 10.1. The second-order valence-electron chi connectivity index (χ2n) is 4.93. The van der Waals surface area contributed by atoms with Gasteiger partial charge in [-0.05, 0) is 48.7 Å². The van der Waals surface area contributed by atoms with E-state index in [1.165, 1.54) is 0 Å². The van der Waals surface area contributed by atoms with Crippen molar-refractivity contribution in [3.63, 3.8) is 0 Å². The monoisotopic (exact) mass is 284 g/mol. The zero-order chi connectivity index (χ0) is 15.2. The third-order valence-electron chi connectivity index (χ3n) is 3.41. The van der Waals surface area contributed by atoms with Gasteiger partial charge in [0.05, 0.1) is 0 Å². The molecule has 2 aromatic rings. The molecule has 0 radical (unpaired) electrons. The van der Waals surface area contributed by atoms with E-state index in [0.717, 1.165) is 22.4 Å². The maximum atomic E-state index is 11.9. The van der Waals surface area contributed by atoms with Gasteiger partial charge in [-0.3, -0.25) is 4.79 Å². The number of ether oxygens (including phenoxy) is 1. The summed E-state index contributed by atoms with van der Waals surface area (Å²) in [5, 5.41) is 2.86. The van der Waals surface area contributed by atoms with Gasteiger partial charge in [0, 0.05) is 12.2 Å². The van der Waals surface area contributed by atoms with Crippen molar-refractivity contribution >= 4 is 11.6 Å². The van der Waals surface area contributed by atoms with Gasteiger partial charge in [0.25, 0.3) is 5.91 Å². The summed E-state index contributed by atoms with van der Waals surface area (Å²) in [5.41, 5.74) is 9.59. The number of aryl methyl sites for hydroxylation is 1. The number of carbonyl (C=O) groups is 1. The molecule has 0 aliphatic heterocycles. The van der Waals surface area contributed by atoms with E-state index >= 15 is 0 Å². The van der Waals surface area contributed by atoms with Crippen molar-refractivity contribution in [2.45, 2.75) is 20.4 Å². The van der Waals surface area contributed by atoms with Crippen LogP contribution in [-0.2, 0) is 11.3 Å². The number of carbonyl (C=O) groups excluding carboxylic acids is 1. The number of anilines is 1. The summed E-state index contributed by atoms with van der Waals surface area (Å²) in [6.45, 7) is 4.47. The molecule has 0 fully saturated rings. The van der Waals surface area contributed by atoms with Crippen LogP contribution >= 0.6 is 0 Å². The minimum absolute atomic E-state index is 0.0185. The fourth-order valence-electron chi connectivity index (χ4n) is 1.94. The summed E-state index contributed by atoms with van der Waals surface area (Å²) < 4.78 is 5.46. The van der Waals surface area contributed by atoms with E-state index in [9.17, 15) is 4.79 Å². The first-order valence-corrected chi connectivity index (χ1v) is 6.88. The van der Waals surface area contributed by atoms with Gasteiger partial charge in [-0.25, -0.2) is 0 Å². The van der Waals surface area contributed by atoms with Crippen LogP contribution in [0.3, 0.4) is 0 Å². The molecule has 2 aromatic carbocycles. The summed E-state index contributed by atoms with van der Waals surface area (Å²) in [6.07, 6.45) is 0. The second kappa shape index (κ2) is 6.90. The van der Waals surface area contributed by atoms with Crippen LogP contribution in [0, 0.1) is 13.8 Å². The Morgan fingerprint density at radius 3 is 2.52 bits per heavy atom. The highest BCUT2D eigenvalue weighted by atomic mass is 16.5. The SMILES string of the molecule is Cc1cccc(NC(=O)COc2ccc(CN)cc2)c1C.